The third-order valence-corrected chi connectivity index (χ3v) is 4.63. The summed E-state index contributed by atoms with van der Waals surface area (Å²) in [6.07, 6.45) is 2.38. The zero-order valence-electron chi connectivity index (χ0n) is 13.5. The first-order valence-corrected chi connectivity index (χ1v) is 8.84. The Hall–Kier alpha value is -1.99. The van der Waals surface area contributed by atoms with Crippen molar-refractivity contribution in [3.05, 3.63) is 40.1 Å². The van der Waals surface area contributed by atoms with Crippen LogP contribution in [0, 0.1) is 12.7 Å². The van der Waals surface area contributed by atoms with Crippen LogP contribution in [0.1, 0.15) is 23.5 Å². The minimum atomic E-state index is -0.393. The molecule has 0 aliphatic carbocycles. The monoisotopic (exact) mass is 349 g/mol. The van der Waals surface area contributed by atoms with E-state index in [9.17, 15) is 9.18 Å². The molecule has 1 aliphatic heterocycles. The normalized spacial score (nSPS) is 17.0. The van der Waals surface area contributed by atoms with Crippen LogP contribution >= 0.6 is 11.3 Å². The number of ether oxygens (including phenoxy) is 1. The fourth-order valence-corrected chi connectivity index (χ4v) is 3.24. The smallest absolute Gasteiger partial charge is 0.230 e. The van der Waals surface area contributed by atoms with Crippen LogP contribution in [0.3, 0.4) is 0 Å². The molecular weight excluding hydrogens is 329 g/mol. The maximum Gasteiger partial charge on any atom is 0.230 e. The van der Waals surface area contributed by atoms with E-state index in [4.69, 9.17) is 4.74 Å². The van der Waals surface area contributed by atoms with Crippen molar-refractivity contribution in [2.75, 3.05) is 23.8 Å². The Balaban J connectivity index is 1.54. The quantitative estimate of drug-likeness (QED) is 0.839. The first-order chi connectivity index (χ1) is 11.6. The van der Waals surface area contributed by atoms with Crippen molar-refractivity contribution in [2.24, 2.45) is 0 Å². The summed E-state index contributed by atoms with van der Waals surface area (Å²) in [6.45, 7) is 3.26. The molecule has 0 spiro atoms. The molecule has 1 aliphatic rings. The van der Waals surface area contributed by atoms with Crippen molar-refractivity contribution in [1.82, 2.24) is 4.98 Å². The third-order valence-electron chi connectivity index (χ3n) is 3.81. The van der Waals surface area contributed by atoms with Gasteiger partial charge < -0.3 is 15.4 Å². The number of hydrogen-bond acceptors (Lipinski definition) is 5. The first kappa shape index (κ1) is 16.9. The van der Waals surface area contributed by atoms with Crippen molar-refractivity contribution in [1.29, 1.82) is 0 Å². The number of aromatic nitrogens is 1. The number of nitrogens with zero attached hydrogens (tertiary/aromatic N) is 1. The zero-order valence-corrected chi connectivity index (χ0v) is 14.3. The SMILES string of the molecule is Cc1nc(CC(=O)Nc2ccc(NC[C@@H]3CCCO3)c(F)c2)cs1. The summed E-state index contributed by atoms with van der Waals surface area (Å²) in [4.78, 5) is 16.2. The highest BCUT2D eigenvalue weighted by atomic mass is 32.1. The number of aryl methyl sites for hydroxylation is 1. The average Bonchev–Trinajstić information content (AvgIpc) is 3.18. The molecule has 1 amide bonds. The molecule has 0 saturated carbocycles. The van der Waals surface area contributed by atoms with E-state index in [1.807, 2.05) is 12.3 Å². The average molecular weight is 349 g/mol. The van der Waals surface area contributed by atoms with Crippen LogP contribution in [0.4, 0.5) is 15.8 Å². The van der Waals surface area contributed by atoms with Gasteiger partial charge in [0.05, 0.1) is 28.9 Å². The molecule has 2 N–H and O–H groups in total. The predicted octanol–water partition coefficient (Wildman–Crippen LogP) is 3.36. The molecule has 1 fully saturated rings. The lowest BCUT2D eigenvalue weighted by Gasteiger charge is -2.13. The second kappa shape index (κ2) is 7.72. The molecule has 24 heavy (non-hydrogen) atoms. The number of carbonyl (C=O) groups excluding carboxylic acids is 1. The van der Waals surface area contributed by atoms with Crippen molar-refractivity contribution < 1.29 is 13.9 Å². The van der Waals surface area contributed by atoms with Crippen LogP contribution in [0.15, 0.2) is 23.6 Å². The zero-order chi connectivity index (χ0) is 16.9. The summed E-state index contributed by atoms with van der Waals surface area (Å²) in [5, 5.41) is 8.53. The van der Waals surface area contributed by atoms with Gasteiger partial charge in [0.25, 0.3) is 0 Å². The highest BCUT2D eigenvalue weighted by Gasteiger charge is 2.16. The van der Waals surface area contributed by atoms with E-state index < -0.39 is 5.82 Å². The van der Waals surface area contributed by atoms with Gasteiger partial charge in [-0.25, -0.2) is 9.37 Å². The maximum atomic E-state index is 14.1. The number of nitrogens with one attached hydrogen (secondary N) is 2. The number of thiazole rings is 1. The van der Waals surface area contributed by atoms with E-state index in [2.05, 4.69) is 15.6 Å². The van der Waals surface area contributed by atoms with Gasteiger partial charge in [0.1, 0.15) is 5.82 Å². The van der Waals surface area contributed by atoms with Gasteiger partial charge in [-0.15, -0.1) is 11.3 Å². The van der Waals surface area contributed by atoms with Crippen LogP contribution in [0.25, 0.3) is 0 Å². The molecule has 3 rings (SSSR count). The lowest BCUT2D eigenvalue weighted by Crippen LogP contribution is -2.19. The summed E-state index contributed by atoms with van der Waals surface area (Å²) >= 11 is 1.50. The summed E-state index contributed by atoms with van der Waals surface area (Å²) in [6, 6.07) is 4.64. The van der Waals surface area contributed by atoms with Crippen LogP contribution in [0.5, 0.6) is 0 Å². The number of halogens is 1. The number of benzene rings is 1. The van der Waals surface area contributed by atoms with Crippen molar-refractivity contribution in [2.45, 2.75) is 32.3 Å². The molecule has 2 heterocycles. The maximum absolute atomic E-state index is 14.1. The Labute approximate surface area is 144 Å². The molecule has 0 radical (unpaired) electrons. The Morgan fingerprint density at radius 1 is 1.50 bits per heavy atom. The largest absolute Gasteiger partial charge is 0.380 e. The molecular formula is C17H20FN3O2S. The first-order valence-electron chi connectivity index (χ1n) is 7.96. The number of anilines is 2. The van der Waals surface area contributed by atoms with Gasteiger partial charge in [-0.1, -0.05) is 0 Å². The van der Waals surface area contributed by atoms with Crippen molar-refractivity contribution in [3.63, 3.8) is 0 Å². The Morgan fingerprint density at radius 2 is 2.38 bits per heavy atom. The number of carbonyl (C=O) groups is 1. The summed E-state index contributed by atoms with van der Waals surface area (Å²) in [5.41, 5.74) is 1.58. The van der Waals surface area contributed by atoms with Gasteiger partial charge >= 0.3 is 0 Å². The lowest BCUT2D eigenvalue weighted by molar-refractivity contribution is -0.115. The van der Waals surface area contributed by atoms with Crippen molar-refractivity contribution >= 4 is 28.6 Å². The van der Waals surface area contributed by atoms with Gasteiger partial charge in [-0.05, 0) is 38.0 Å². The Bertz CT molecular complexity index is 714. The summed E-state index contributed by atoms with van der Waals surface area (Å²) < 4.78 is 19.6. The summed E-state index contributed by atoms with van der Waals surface area (Å²) in [7, 11) is 0. The fraction of sp³-hybridized carbons (Fsp3) is 0.412. The molecule has 2 aromatic rings. The molecule has 7 heteroatoms. The van der Waals surface area contributed by atoms with Crippen LogP contribution in [0.2, 0.25) is 0 Å². The van der Waals surface area contributed by atoms with E-state index in [1.165, 1.54) is 17.4 Å². The topological polar surface area (TPSA) is 63.2 Å². The van der Waals surface area contributed by atoms with Gasteiger partial charge in [-0.3, -0.25) is 4.79 Å². The Kier molecular flexibility index (Phi) is 5.42. The highest BCUT2D eigenvalue weighted by Crippen LogP contribution is 2.21. The molecule has 5 nitrogen and oxygen atoms in total. The number of rotatable bonds is 6. The van der Waals surface area contributed by atoms with E-state index in [0.29, 0.717) is 17.9 Å². The molecule has 1 aromatic heterocycles. The van der Waals surface area contributed by atoms with Gasteiger partial charge in [0, 0.05) is 24.2 Å². The minimum Gasteiger partial charge on any atom is -0.380 e. The van der Waals surface area contributed by atoms with E-state index >= 15 is 0 Å². The van der Waals surface area contributed by atoms with Gasteiger partial charge in [0.15, 0.2) is 0 Å². The Morgan fingerprint density at radius 3 is 3.04 bits per heavy atom. The van der Waals surface area contributed by atoms with E-state index in [1.54, 1.807) is 12.1 Å². The fourth-order valence-electron chi connectivity index (χ4n) is 2.62. The second-order valence-corrected chi connectivity index (χ2v) is 6.86. The minimum absolute atomic E-state index is 0.144. The molecule has 0 bridgehead atoms. The van der Waals surface area contributed by atoms with Crippen molar-refractivity contribution in [3.8, 4) is 0 Å². The summed E-state index contributed by atoms with van der Waals surface area (Å²) in [5.74, 6) is -0.602. The molecule has 0 unspecified atom stereocenters. The van der Waals surface area contributed by atoms with Crippen LogP contribution in [-0.4, -0.2) is 30.1 Å². The second-order valence-electron chi connectivity index (χ2n) is 5.79. The standard InChI is InChI=1S/C17H20FN3O2S/c1-11-20-13(10-24-11)8-17(22)21-12-4-5-16(15(18)7-12)19-9-14-3-2-6-23-14/h4-5,7,10,14,19H,2-3,6,8-9H2,1H3,(H,21,22)/t14-/m0/s1. The molecule has 1 atom stereocenters. The van der Waals surface area contributed by atoms with Crippen LogP contribution < -0.4 is 10.6 Å². The van der Waals surface area contributed by atoms with Gasteiger partial charge in [0.2, 0.25) is 5.91 Å². The van der Waals surface area contributed by atoms with E-state index in [0.717, 1.165) is 30.2 Å². The predicted molar refractivity (Wildman–Crippen MR) is 93.0 cm³/mol. The number of hydrogen-bond donors (Lipinski definition) is 2. The highest BCUT2D eigenvalue weighted by molar-refractivity contribution is 7.09. The number of amides is 1. The lowest BCUT2D eigenvalue weighted by atomic mass is 10.2. The molecule has 1 aromatic carbocycles. The molecule has 128 valence electrons. The third kappa shape index (κ3) is 4.52. The van der Waals surface area contributed by atoms with Gasteiger partial charge in [-0.2, -0.15) is 0 Å². The van der Waals surface area contributed by atoms with E-state index in [-0.39, 0.29) is 18.4 Å². The molecule has 1 saturated heterocycles. The van der Waals surface area contributed by atoms with Crippen LogP contribution in [-0.2, 0) is 16.0 Å².